The Morgan fingerprint density at radius 3 is 2.65 bits per heavy atom. The third-order valence-corrected chi connectivity index (χ3v) is 5.02. The molecule has 3 nitrogen and oxygen atoms in total. The fourth-order valence-electron chi connectivity index (χ4n) is 3.25. The highest BCUT2D eigenvalue weighted by molar-refractivity contribution is 5.80. The summed E-state index contributed by atoms with van der Waals surface area (Å²) in [5, 5.41) is 6.42. The molecule has 1 saturated heterocycles. The van der Waals surface area contributed by atoms with E-state index in [1.165, 1.54) is 17.5 Å². The molecule has 1 aliphatic heterocycles. The van der Waals surface area contributed by atoms with Gasteiger partial charge in [0, 0.05) is 18.0 Å². The van der Waals surface area contributed by atoms with Crippen molar-refractivity contribution in [3.63, 3.8) is 0 Å². The van der Waals surface area contributed by atoms with Crippen molar-refractivity contribution < 1.29 is 4.79 Å². The molecule has 1 atom stereocenters. The second kappa shape index (κ2) is 7.76. The van der Waals surface area contributed by atoms with Gasteiger partial charge in [-0.2, -0.15) is 0 Å². The molecule has 2 aromatic carbocycles. The molecule has 26 heavy (non-hydrogen) atoms. The van der Waals surface area contributed by atoms with Gasteiger partial charge in [-0.25, -0.2) is 0 Å². The Labute approximate surface area is 155 Å². The minimum atomic E-state index is 0.192. The number of hydrogen-bond acceptors (Lipinski definition) is 2. The number of amides is 1. The topological polar surface area (TPSA) is 41.1 Å². The maximum Gasteiger partial charge on any atom is 0.223 e. The summed E-state index contributed by atoms with van der Waals surface area (Å²) in [6.45, 7) is 1.68. The molecule has 3 heteroatoms. The third kappa shape index (κ3) is 4.33. The summed E-state index contributed by atoms with van der Waals surface area (Å²) in [4.78, 5) is 11.7. The second-order valence-electron chi connectivity index (χ2n) is 7.19. The molecule has 1 saturated carbocycles. The van der Waals surface area contributed by atoms with Gasteiger partial charge in [0.1, 0.15) is 0 Å². The van der Waals surface area contributed by atoms with Crippen molar-refractivity contribution in [3.8, 4) is 23.0 Å². The summed E-state index contributed by atoms with van der Waals surface area (Å²) in [7, 11) is 0. The summed E-state index contributed by atoms with van der Waals surface area (Å²) in [6, 6.07) is 17.1. The molecule has 2 N–H and O–H groups in total. The van der Waals surface area contributed by atoms with E-state index >= 15 is 0 Å². The van der Waals surface area contributed by atoms with Crippen LogP contribution in [0.4, 0.5) is 0 Å². The second-order valence-corrected chi connectivity index (χ2v) is 7.19. The first-order valence-electron chi connectivity index (χ1n) is 9.50. The lowest BCUT2D eigenvalue weighted by atomic mass is 10.0. The Morgan fingerprint density at radius 1 is 1.08 bits per heavy atom. The predicted octanol–water partition coefficient (Wildman–Crippen LogP) is 3.48. The molecule has 0 bridgehead atoms. The van der Waals surface area contributed by atoms with E-state index in [-0.39, 0.29) is 11.8 Å². The van der Waals surface area contributed by atoms with Crippen LogP contribution in [0, 0.1) is 17.8 Å². The number of carbonyl (C=O) groups excluding carboxylic acids is 1. The van der Waals surface area contributed by atoms with Crippen LogP contribution < -0.4 is 10.6 Å². The number of benzene rings is 2. The van der Waals surface area contributed by atoms with Crippen LogP contribution in [-0.2, 0) is 11.3 Å². The van der Waals surface area contributed by atoms with E-state index in [0.29, 0.717) is 12.6 Å². The van der Waals surface area contributed by atoms with Gasteiger partial charge in [0.05, 0.1) is 6.04 Å². The van der Waals surface area contributed by atoms with Crippen LogP contribution in [0.3, 0.4) is 0 Å². The minimum absolute atomic E-state index is 0.192. The van der Waals surface area contributed by atoms with Crippen molar-refractivity contribution in [3.05, 3.63) is 59.7 Å². The van der Waals surface area contributed by atoms with Crippen LogP contribution in [0.1, 0.15) is 36.8 Å². The maximum atomic E-state index is 11.7. The summed E-state index contributed by atoms with van der Waals surface area (Å²) in [6.07, 6.45) is 4.44. The Morgan fingerprint density at radius 2 is 1.92 bits per heavy atom. The van der Waals surface area contributed by atoms with Crippen molar-refractivity contribution >= 4 is 5.91 Å². The molecule has 0 spiro atoms. The van der Waals surface area contributed by atoms with Gasteiger partial charge < -0.3 is 10.6 Å². The largest absolute Gasteiger partial charge is 0.352 e. The molecule has 132 valence electrons. The highest BCUT2D eigenvalue weighted by atomic mass is 16.2. The van der Waals surface area contributed by atoms with Crippen molar-refractivity contribution in [1.29, 1.82) is 0 Å². The van der Waals surface area contributed by atoms with Gasteiger partial charge >= 0.3 is 0 Å². The van der Waals surface area contributed by atoms with E-state index < -0.39 is 0 Å². The Hall–Kier alpha value is -2.57. The number of rotatable bonds is 4. The Bertz CT molecular complexity index is 835. The smallest absolute Gasteiger partial charge is 0.223 e. The van der Waals surface area contributed by atoms with E-state index in [4.69, 9.17) is 0 Å². The van der Waals surface area contributed by atoms with E-state index in [2.05, 4.69) is 71.0 Å². The minimum Gasteiger partial charge on any atom is -0.352 e. The summed E-state index contributed by atoms with van der Waals surface area (Å²) in [5.41, 5.74) is 4.53. The van der Waals surface area contributed by atoms with Gasteiger partial charge in [-0.15, -0.1) is 0 Å². The molecular weight excluding hydrogens is 320 g/mol. The Kier molecular flexibility index (Phi) is 5.04. The van der Waals surface area contributed by atoms with Gasteiger partial charge in [0.15, 0.2) is 0 Å². The standard InChI is InChI=1S/C23H24N2O/c26-23(20-11-12-20)25-16-18-6-9-19(10-7-18)21-4-1-3-17(15-21)8-13-22-5-2-14-24-22/h1,3-4,6-7,9-10,15,20,22,24H,2,5,11-12,14,16H2,(H,25,26)/t22-/m0/s1. The highest BCUT2D eigenvalue weighted by Crippen LogP contribution is 2.29. The first kappa shape index (κ1) is 16.9. The average molecular weight is 344 g/mol. The zero-order valence-electron chi connectivity index (χ0n) is 14.9. The normalized spacial score (nSPS) is 18.8. The molecule has 1 aliphatic carbocycles. The van der Waals surface area contributed by atoms with E-state index in [9.17, 15) is 4.79 Å². The summed E-state index contributed by atoms with van der Waals surface area (Å²) < 4.78 is 0. The monoisotopic (exact) mass is 344 g/mol. The summed E-state index contributed by atoms with van der Waals surface area (Å²) >= 11 is 0. The van der Waals surface area contributed by atoms with Crippen molar-refractivity contribution in [1.82, 2.24) is 10.6 Å². The Balaban J connectivity index is 1.41. The molecule has 1 heterocycles. The van der Waals surface area contributed by atoms with Crippen molar-refractivity contribution in [2.75, 3.05) is 6.54 Å². The molecule has 2 fully saturated rings. The zero-order valence-corrected chi connectivity index (χ0v) is 14.9. The first-order chi connectivity index (χ1) is 12.8. The lowest BCUT2D eigenvalue weighted by Crippen LogP contribution is -2.24. The van der Waals surface area contributed by atoms with Gasteiger partial charge in [0.25, 0.3) is 0 Å². The quantitative estimate of drug-likeness (QED) is 0.834. The lowest BCUT2D eigenvalue weighted by molar-refractivity contribution is -0.122. The van der Waals surface area contributed by atoms with Gasteiger partial charge in [-0.3, -0.25) is 4.79 Å². The number of carbonyl (C=O) groups is 1. The van der Waals surface area contributed by atoms with E-state index in [1.807, 2.05) is 0 Å². The van der Waals surface area contributed by atoms with Crippen molar-refractivity contribution in [2.45, 2.75) is 38.3 Å². The van der Waals surface area contributed by atoms with Crippen LogP contribution in [-0.4, -0.2) is 18.5 Å². The van der Waals surface area contributed by atoms with Crippen LogP contribution in [0.15, 0.2) is 48.5 Å². The van der Waals surface area contributed by atoms with E-state index in [1.54, 1.807) is 0 Å². The van der Waals surface area contributed by atoms with Crippen LogP contribution in [0.5, 0.6) is 0 Å². The van der Waals surface area contributed by atoms with E-state index in [0.717, 1.165) is 36.9 Å². The fourth-order valence-corrected chi connectivity index (χ4v) is 3.25. The molecular formula is C23H24N2O. The third-order valence-electron chi connectivity index (χ3n) is 5.02. The molecule has 0 unspecified atom stereocenters. The molecule has 2 aromatic rings. The predicted molar refractivity (Wildman–Crippen MR) is 104 cm³/mol. The molecule has 0 radical (unpaired) electrons. The van der Waals surface area contributed by atoms with Crippen LogP contribution >= 0.6 is 0 Å². The van der Waals surface area contributed by atoms with Crippen LogP contribution in [0.25, 0.3) is 11.1 Å². The fraction of sp³-hybridized carbons (Fsp3) is 0.348. The number of hydrogen-bond donors (Lipinski definition) is 2. The summed E-state index contributed by atoms with van der Waals surface area (Å²) in [5.74, 6) is 7.08. The van der Waals surface area contributed by atoms with Crippen LogP contribution in [0.2, 0.25) is 0 Å². The maximum absolute atomic E-state index is 11.7. The number of nitrogens with one attached hydrogen (secondary N) is 2. The SMILES string of the molecule is O=C(NCc1ccc(-c2cccc(C#C[C@@H]3CCCN3)c2)cc1)C1CC1. The molecule has 0 aromatic heterocycles. The van der Waals surface area contributed by atoms with Gasteiger partial charge in [-0.1, -0.05) is 48.2 Å². The lowest BCUT2D eigenvalue weighted by Gasteiger charge is -2.07. The average Bonchev–Trinajstić information content (AvgIpc) is 3.41. The molecule has 1 amide bonds. The molecule has 2 aliphatic rings. The first-order valence-corrected chi connectivity index (χ1v) is 9.50. The van der Waals surface area contributed by atoms with Gasteiger partial charge in [0.2, 0.25) is 5.91 Å². The molecule has 4 rings (SSSR count). The zero-order chi connectivity index (χ0) is 17.8. The highest BCUT2D eigenvalue weighted by Gasteiger charge is 2.29. The van der Waals surface area contributed by atoms with Crippen molar-refractivity contribution in [2.24, 2.45) is 5.92 Å². The van der Waals surface area contributed by atoms with Gasteiger partial charge in [-0.05, 0) is 61.1 Å².